The summed E-state index contributed by atoms with van der Waals surface area (Å²) in [6.07, 6.45) is 78.5. The molecule has 1 amide bonds. The lowest BCUT2D eigenvalue weighted by Crippen LogP contribution is -2.45. The van der Waals surface area contributed by atoms with Crippen molar-refractivity contribution in [1.82, 2.24) is 5.32 Å². The van der Waals surface area contributed by atoms with Crippen molar-refractivity contribution in [2.24, 2.45) is 0 Å². The maximum atomic E-state index is 13.0. The highest BCUT2D eigenvalue weighted by molar-refractivity contribution is 7.47. The molecule has 0 aromatic heterocycles. The number of carbonyl (C=O) groups excluding carboxylic acids is 1. The second-order valence-electron chi connectivity index (χ2n) is 23.8. The van der Waals surface area contributed by atoms with Crippen LogP contribution in [0.5, 0.6) is 0 Å². The fourth-order valence-electron chi connectivity index (χ4n) is 9.86. The Kier molecular flexibility index (Phi) is 56.9. The number of quaternary nitrogens is 1. The van der Waals surface area contributed by atoms with Crippen molar-refractivity contribution >= 4 is 13.7 Å². The van der Waals surface area contributed by atoms with E-state index in [0.717, 1.165) is 44.9 Å². The third-order valence-electron chi connectivity index (χ3n) is 15.0. The Morgan fingerprint density at radius 3 is 1.13 bits per heavy atom. The van der Waals surface area contributed by atoms with Crippen LogP contribution in [-0.2, 0) is 18.4 Å². The molecule has 76 heavy (non-hydrogen) atoms. The van der Waals surface area contributed by atoms with Crippen LogP contribution in [0.4, 0.5) is 0 Å². The van der Waals surface area contributed by atoms with Gasteiger partial charge in [-0.25, -0.2) is 4.57 Å². The minimum atomic E-state index is -4.35. The van der Waals surface area contributed by atoms with Crippen LogP contribution in [-0.4, -0.2) is 73.4 Å². The quantitative estimate of drug-likeness (QED) is 0.0243. The maximum Gasteiger partial charge on any atom is 0.472 e. The number of hydrogen-bond donors (Lipinski definition) is 3. The number of amides is 1. The smallest absolute Gasteiger partial charge is 0.387 e. The minimum Gasteiger partial charge on any atom is -0.387 e. The van der Waals surface area contributed by atoms with Gasteiger partial charge in [0.25, 0.3) is 0 Å². The molecule has 3 atom stereocenters. The van der Waals surface area contributed by atoms with E-state index in [-0.39, 0.29) is 19.1 Å². The topological polar surface area (TPSA) is 105 Å². The van der Waals surface area contributed by atoms with Crippen LogP contribution in [0, 0.1) is 0 Å². The van der Waals surface area contributed by atoms with E-state index in [4.69, 9.17) is 9.05 Å². The largest absolute Gasteiger partial charge is 0.472 e. The van der Waals surface area contributed by atoms with Crippen LogP contribution in [0.3, 0.4) is 0 Å². The number of phosphoric ester groups is 1. The lowest BCUT2D eigenvalue weighted by molar-refractivity contribution is -0.870. The zero-order valence-electron chi connectivity index (χ0n) is 51.3. The number of hydrogen-bond acceptors (Lipinski definition) is 5. The SMILES string of the molecule is CCCCCCC/C=C\C/C=C\CCCCCCCCCCCCCCCCCCCCCCCCCCCCCCCC(=O)NC(COP(=O)(O)OCC[N+](C)(C)C)C(O)/C=C/CC/C=C/CCCCCCCCC. The number of aliphatic hydroxyl groups is 1. The lowest BCUT2D eigenvalue weighted by atomic mass is 10.0. The highest BCUT2D eigenvalue weighted by Crippen LogP contribution is 2.43. The molecule has 3 unspecified atom stereocenters. The molecule has 0 aliphatic carbocycles. The average molecular weight is 1090 g/mol. The molecule has 448 valence electrons. The summed E-state index contributed by atoms with van der Waals surface area (Å²) in [7, 11) is 1.56. The van der Waals surface area contributed by atoms with Crippen LogP contribution < -0.4 is 5.32 Å². The summed E-state index contributed by atoms with van der Waals surface area (Å²) in [6, 6.07) is -0.861. The Balaban J connectivity index is 3.83. The van der Waals surface area contributed by atoms with Crippen LogP contribution in [0.2, 0.25) is 0 Å². The van der Waals surface area contributed by atoms with Gasteiger partial charge in [-0.3, -0.25) is 13.8 Å². The minimum absolute atomic E-state index is 0.0574. The van der Waals surface area contributed by atoms with Gasteiger partial charge in [0.15, 0.2) is 0 Å². The van der Waals surface area contributed by atoms with Gasteiger partial charge < -0.3 is 19.8 Å². The molecule has 8 nitrogen and oxygen atoms in total. The summed E-state index contributed by atoms with van der Waals surface area (Å²) in [5, 5.41) is 13.9. The van der Waals surface area contributed by atoms with E-state index >= 15 is 0 Å². The molecule has 0 saturated carbocycles. The summed E-state index contributed by atoms with van der Waals surface area (Å²) in [5.41, 5.74) is 0. The van der Waals surface area contributed by atoms with Crippen LogP contribution in [0.15, 0.2) is 48.6 Å². The molecule has 0 aliphatic rings. The number of likely N-dealkylation sites (N-methyl/N-ethyl adjacent to an activating group) is 1. The first-order valence-corrected chi connectivity index (χ1v) is 34.5. The predicted octanol–water partition coefficient (Wildman–Crippen LogP) is 20.7. The van der Waals surface area contributed by atoms with Gasteiger partial charge in [-0.15, -0.1) is 0 Å². The Morgan fingerprint density at radius 2 is 0.763 bits per heavy atom. The van der Waals surface area contributed by atoms with Gasteiger partial charge in [0.1, 0.15) is 13.2 Å². The van der Waals surface area contributed by atoms with E-state index in [1.54, 1.807) is 6.08 Å². The van der Waals surface area contributed by atoms with E-state index in [2.05, 4.69) is 55.6 Å². The van der Waals surface area contributed by atoms with Crippen LogP contribution in [0.25, 0.3) is 0 Å². The molecule has 0 bridgehead atoms. The first-order chi connectivity index (χ1) is 37.0. The molecule has 0 radical (unpaired) electrons. The molecular weight excluding hydrogens is 960 g/mol. The predicted molar refractivity (Wildman–Crippen MR) is 332 cm³/mol. The van der Waals surface area contributed by atoms with E-state index in [1.165, 1.54) is 257 Å². The van der Waals surface area contributed by atoms with Crippen molar-refractivity contribution < 1.29 is 32.9 Å². The highest BCUT2D eigenvalue weighted by Gasteiger charge is 2.28. The normalized spacial score (nSPS) is 14.0. The number of phosphoric acid groups is 1. The number of unbranched alkanes of at least 4 members (excludes halogenated alkanes) is 42. The molecule has 9 heteroatoms. The van der Waals surface area contributed by atoms with Gasteiger partial charge in [0.05, 0.1) is 39.9 Å². The number of allylic oxidation sites excluding steroid dienone is 7. The summed E-state index contributed by atoms with van der Waals surface area (Å²) in [4.78, 5) is 23.3. The molecule has 0 aromatic rings. The Morgan fingerprint density at radius 1 is 0.447 bits per heavy atom. The summed E-state index contributed by atoms with van der Waals surface area (Å²) in [6.45, 7) is 4.80. The average Bonchev–Trinajstić information content (AvgIpc) is 3.38. The number of nitrogens with one attached hydrogen (secondary N) is 1. The van der Waals surface area contributed by atoms with Crippen molar-refractivity contribution in [2.45, 2.75) is 334 Å². The molecule has 0 aromatic carbocycles. The molecule has 0 fully saturated rings. The molecule has 0 rings (SSSR count). The van der Waals surface area contributed by atoms with Gasteiger partial charge in [-0.1, -0.05) is 300 Å². The molecule has 0 saturated heterocycles. The van der Waals surface area contributed by atoms with Crippen LogP contribution in [0.1, 0.15) is 322 Å². The number of nitrogens with zero attached hydrogens (tertiary/aromatic N) is 1. The molecule has 0 aliphatic heterocycles. The summed E-state index contributed by atoms with van der Waals surface area (Å²) < 4.78 is 23.7. The van der Waals surface area contributed by atoms with Crippen molar-refractivity contribution in [3.05, 3.63) is 48.6 Å². The van der Waals surface area contributed by atoms with E-state index in [0.29, 0.717) is 17.4 Å². The van der Waals surface area contributed by atoms with Crippen molar-refractivity contribution in [1.29, 1.82) is 0 Å². The maximum absolute atomic E-state index is 13.0. The fraction of sp³-hybridized carbons (Fsp3) is 0.866. The number of rotatable bonds is 61. The van der Waals surface area contributed by atoms with Crippen molar-refractivity contribution in [3.8, 4) is 0 Å². The number of aliphatic hydroxyl groups excluding tert-OH is 1. The Hall–Kier alpha value is -1.54. The number of carbonyl (C=O) groups is 1. The molecule has 3 N–H and O–H groups in total. The lowest BCUT2D eigenvalue weighted by Gasteiger charge is -2.25. The standard InChI is InChI=1S/C67H129N2O6P/c1-6-8-10-12-14-16-18-20-21-22-23-24-25-26-27-28-29-30-31-32-33-34-35-36-37-38-39-40-41-42-43-44-45-46-47-49-51-53-55-57-59-61-67(71)68-65(64-75-76(72,73)74-63-62-69(3,4)5)66(70)60-58-56-54-52-50-48-19-17-15-13-11-9-7-2/h18,20,22-23,50,52,58,60,65-66,70H,6-17,19,21,24-49,51,53-57,59,61-64H2,1-5H3,(H-,68,71,72,73)/p+1/b20-18-,23-22-,52-50+,60-58+. The Bertz CT molecular complexity index is 1380. The molecular formula is C67H130N2O6P+. The third-order valence-corrected chi connectivity index (χ3v) is 16.0. The van der Waals surface area contributed by atoms with Crippen molar-refractivity contribution in [2.75, 3.05) is 40.9 Å². The van der Waals surface area contributed by atoms with Gasteiger partial charge in [0, 0.05) is 6.42 Å². The van der Waals surface area contributed by atoms with Gasteiger partial charge in [-0.2, -0.15) is 0 Å². The molecule has 0 spiro atoms. The third kappa shape index (κ3) is 60.1. The summed E-state index contributed by atoms with van der Waals surface area (Å²) >= 11 is 0. The van der Waals surface area contributed by atoms with E-state index in [9.17, 15) is 19.4 Å². The first kappa shape index (κ1) is 74.5. The van der Waals surface area contributed by atoms with Gasteiger partial charge in [-0.05, 0) is 64.2 Å². The second-order valence-corrected chi connectivity index (χ2v) is 25.3. The van der Waals surface area contributed by atoms with Crippen LogP contribution >= 0.6 is 7.82 Å². The van der Waals surface area contributed by atoms with E-state index < -0.39 is 20.0 Å². The van der Waals surface area contributed by atoms with Gasteiger partial charge in [0.2, 0.25) is 5.91 Å². The highest BCUT2D eigenvalue weighted by atomic mass is 31.2. The first-order valence-electron chi connectivity index (χ1n) is 33.0. The second kappa shape index (κ2) is 58.1. The van der Waals surface area contributed by atoms with Gasteiger partial charge >= 0.3 is 7.82 Å². The van der Waals surface area contributed by atoms with E-state index in [1.807, 2.05) is 27.2 Å². The summed E-state index contributed by atoms with van der Waals surface area (Å²) in [5.74, 6) is -0.182. The fourth-order valence-corrected chi connectivity index (χ4v) is 10.6. The van der Waals surface area contributed by atoms with Crippen molar-refractivity contribution in [3.63, 3.8) is 0 Å². The Labute approximate surface area is 473 Å². The zero-order chi connectivity index (χ0) is 55.6. The molecule has 0 heterocycles. The zero-order valence-corrected chi connectivity index (χ0v) is 52.2. The monoisotopic (exact) mass is 1090 g/mol.